The highest BCUT2D eigenvalue weighted by Crippen LogP contribution is 2.64. The van der Waals surface area contributed by atoms with Crippen molar-refractivity contribution in [3.63, 3.8) is 0 Å². The van der Waals surface area contributed by atoms with Crippen LogP contribution in [0.3, 0.4) is 0 Å². The van der Waals surface area contributed by atoms with Crippen molar-refractivity contribution >= 4 is 0 Å². The van der Waals surface area contributed by atoms with Crippen LogP contribution in [0.5, 0.6) is 0 Å². The van der Waals surface area contributed by atoms with Gasteiger partial charge in [-0.15, -0.1) is 0 Å². The molecule has 17 heavy (non-hydrogen) atoms. The number of hydrogen-bond donors (Lipinski definition) is 2. The van der Waals surface area contributed by atoms with E-state index in [-0.39, 0.29) is 17.4 Å². The van der Waals surface area contributed by atoms with Crippen LogP contribution in [0, 0.1) is 23.2 Å². The Kier molecular flexibility index (Phi) is 2.32. The first-order valence-corrected chi connectivity index (χ1v) is 6.94. The molecule has 2 N–H and O–H groups in total. The molecule has 3 aliphatic carbocycles. The predicted molar refractivity (Wildman–Crippen MR) is 67.4 cm³/mol. The largest absolute Gasteiger partial charge is 0.393 e. The SMILES string of the molecule is CC1=CCC23CC1CC(C)(O)C2C(O)CC3C. The smallest absolute Gasteiger partial charge is 0.0683 e. The van der Waals surface area contributed by atoms with E-state index in [2.05, 4.69) is 19.9 Å². The topological polar surface area (TPSA) is 40.5 Å². The number of fused-ring (bicyclic) bond motifs is 1. The Morgan fingerprint density at radius 1 is 1.35 bits per heavy atom. The molecule has 0 radical (unpaired) electrons. The van der Waals surface area contributed by atoms with Gasteiger partial charge in [0.25, 0.3) is 0 Å². The molecule has 96 valence electrons. The van der Waals surface area contributed by atoms with Crippen LogP contribution in [0.1, 0.15) is 46.5 Å². The van der Waals surface area contributed by atoms with E-state index >= 15 is 0 Å². The Labute approximate surface area is 104 Å². The van der Waals surface area contributed by atoms with Gasteiger partial charge in [-0.25, -0.2) is 0 Å². The Bertz CT molecular complexity index is 371. The Balaban J connectivity index is 2.09. The summed E-state index contributed by atoms with van der Waals surface area (Å²) >= 11 is 0. The Morgan fingerprint density at radius 2 is 2.06 bits per heavy atom. The fourth-order valence-corrected chi connectivity index (χ4v) is 5.19. The molecule has 6 atom stereocenters. The van der Waals surface area contributed by atoms with Gasteiger partial charge in [0.05, 0.1) is 11.7 Å². The molecule has 0 aliphatic heterocycles. The van der Waals surface area contributed by atoms with Gasteiger partial charge in [-0.1, -0.05) is 18.6 Å². The highest BCUT2D eigenvalue weighted by Gasteiger charge is 2.62. The van der Waals surface area contributed by atoms with Crippen molar-refractivity contribution in [1.82, 2.24) is 0 Å². The van der Waals surface area contributed by atoms with Gasteiger partial charge in [-0.2, -0.15) is 0 Å². The molecule has 2 bridgehead atoms. The molecule has 2 fully saturated rings. The van der Waals surface area contributed by atoms with Crippen LogP contribution >= 0.6 is 0 Å². The average Bonchev–Trinajstić information content (AvgIpc) is 2.45. The molecule has 2 heteroatoms. The van der Waals surface area contributed by atoms with E-state index in [1.54, 1.807) is 0 Å². The van der Waals surface area contributed by atoms with Crippen molar-refractivity contribution in [3.8, 4) is 0 Å². The third-order valence-corrected chi connectivity index (χ3v) is 5.98. The second-order valence-electron chi connectivity index (χ2n) is 7.03. The summed E-state index contributed by atoms with van der Waals surface area (Å²) in [7, 11) is 0. The van der Waals surface area contributed by atoms with Crippen molar-refractivity contribution in [3.05, 3.63) is 11.6 Å². The van der Waals surface area contributed by atoms with E-state index < -0.39 is 5.60 Å². The molecule has 2 nitrogen and oxygen atoms in total. The van der Waals surface area contributed by atoms with Crippen LogP contribution in [0.2, 0.25) is 0 Å². The fraction of sp³-hybridized carbons (Fsp3) is 0.867. The number of aliphatic hydroxyl groups excluding tert-OH is 1. The number of rotatable bonds is 0. The van der Waals surface area contributed by atoms with E-state index in [0.29, 0.717) is 11.8 Å². The summed E-state index contributed by atoms with van der Waals surface area (Å²) < 4.78 is 0. The molecule has 0 aromatic carbocycles. The lowest BCUT2D eigenvalue weighted by molar-refractivity contribution is -0.142. The first-order chi connectivity index (χ1) is 7.87. The summed E-state index contributed by atoms with van der Waals surface area (Å²) in [6, 6.07) is 0. The van der Waals surface area contributed by atoms with Crippen molar-refractivity contribution in [1.29, 1.82) is 0 Å². The summed E-state index contributed by atoms with van der Waals surface area (Å²) in [5, 5.41) is 21.1. The lowest BCUT2D eigenvalue weighted by Gasteiger charge is -2.55. The highest BCUT2D eigenvalue weighted by molar-refractivity contribution is 5.23. The van der Waals surface area contributed by atoms with E-state index in [1.165, 1.54) is 12.0 Å². The summed E-state index contributed by atoms with van der Waals surface area (Å²) in [4.78, 5) is 0. The maximum Gasteiger partial charge on any atom is 0.0683 e. The van der Waals surface area contributed by atoms with Crippen LogP contribution in [0.25, 0.3) is 0 Å². The first-order valence-electron chi connectivity index (χ1n) is 6.94. The predicted octanol–water partition coefficient (Wildman–Crippen LogP) is 2.50. The van der Waals surface area contributed by atoms with Gasteiger partial charge in [-0.3, -0.25) is 0 Å². The molecule has 0 aromatic heterocycles. The summed E-state index contributed by atoms with van der Waals surface area (Å²) in [5.74, 6) is 1.13. The molecule has 0 saturated heterocycles. The molecule has 6 unspecified atom stereocenters. The van der Waals surface area contributed by atoms with Crippen LogP contribution in [-0.2, 0) is 0 Å². The minimum Gasteiger partial charge on any atom is -0.393 e. The summed E-state index contributed by atoms with van der Waals surface area (Å²) in [6.45, 7) is 6.40. The van der Waals surface area contributed by atoms with Crippen LogP contribution in [0.15, 0.2) is 11.6 Å². The van der Waals surface area contributed by atoms with Gasteiger partial charge in [0, 0.05) is 5.92 Å². The summed E-state index contributed by atoms with van der Waals surface area (Å²) in [6.07, 6.45) is 5.97. The minimum absolute atomic E-state index is 0.0746. The summed E-state index contributed by atoms with van der Waals surface area (Å²) in [5.41, 5.74) is 0.913. The van der Waals surface area contributed by atoms with Gasteiger partial charge < -0.3 is 10.2 Å². The lowest BCUT2D eigenvalue weighted by atomic mass is 9.51. The zero-order chi connectivity index (χ0) is 12.4. The minimum atomic E-state index is -0.692. The average molecular weight is 236 g/mol. The van der Waals surface area contributed by atoms with Crippen molar-refractivity contribution < 1.29 is 10.2 Å². The number of aliphatic hydroxyl groups is 2. The quantitative estimate of drug-likeness (QED) is 0.634. The van der Waals surface area contributed by atoms with Gasteiger partial charge in [0.2, 0.25) is 0 Å². The third kappa shape index (κ3) is 1.40. The standard InChI is InChI=1S/C15H24O2/c1-9-4-5-15-8-11(9)7-14(3,17)13(15)12(16)6-10(15)2/h4,10-13,16-17H,5-8H2,1-3H3. The number of allylic oxidation sites excluding steroid dienone is 2. The first kappa shape index (κ1) is 11.7. The Morgan fingerprint density at radius 3 is 2.76 bits per heavy atom. The normalized spacial score (nSPS) is 57.6. The van der Waals surface area contributed by atoms with E-state index in [1.807, 2.05) is 6.92 Å². The van der Waals surface area contributed by atoms with E-state index in [0.717, 1.165) is 19.3 Å². The Hall–Kier alpha value is -0.340. The molecule has 1 spiro atoms. The molecule has 0 heterocycles. The van der Waals surface area contributed by atoms with Crippen molar-refractivity contribution in [2.45, 2.75) is 58.2 Å². The third-order valence-electron chi connectivity index (χ3n) is 5.98. The molecular formula is C15H24O2. The van der Waals surface area contributed by atoms with Gasteiger partial charge in [0.1, 0.15) is 0 Å². The maximum absolute atomic E-state index is 10.8. The van der Waals surface area contributed by atoms with Crippen molar-refractivity contribution in [2.24, 2.45) is 23.2 Å². The second-order valence-corrected chi connectivity index (χ2v) is 7.03. The van der Waals surface area contributed by atoms with Crippen LogP contribution < -0.4 is 0 Å². The van der Waals surface area contributed by atoms with E-state index in [4.69, 9.17) is 0 Å². The van der Waals surface area contributed by atoms with Gasteiger partial charge in [-0.05, 0) is 56.8 Å². The molecule has 2 saturated carbocycles. The van der Waals surface area contributed by atoms with Crippen molar-refractivity contribution in [2.75, 3.05) is 0 Å². The van der Waals surface area contributed by atoms with Crippen LogP contribution in [-0.4, -0.2) is 21.9 Å². The lowest BCUT2D eigenvalue weighted by Crippen LogP contribution is -2.55. The second kappa shape index (κ2) is 3.36. The molecule has 0 aromatic rings. The molecule has 3 rings (SSSR count). The fourth-order valence-electron chi connectivity index (χ4n) is 5.19. The zero-order valence-corrected chi connectivity index (χ0v) is 11.1. The maximum atomic E-state index is 10.8. The van der Waals surface area contributed by atoms with Gasteiger partial charge in [0.15, 0.2) is 0 Å². The zero-order valence-electron chi connectivity index (χ0n) is 11.1. The van der Waals surface area contributed by atoms with Gasteiger partial charge >= 0.3 is 0 Å². The molecule has 0 amide bonds. The monoisotopic (exact) mass is 236 g/mol. The number of hydrogen-bond acceptors (Lipinski definition) is 2. The van der Waals surface area contributed by atoms with Crippen LogP contribution in [0.4, 0.5) is 0 Å². The molecular weight excluding hydrogens is 212 g/mol. The van der Waals surface area contributed by atoms with E-state index in [9.17, 15) is 10.2 Å². The molecule has 3 aliphatic rings. The highest BCUT2D eigenvalue weighted by atomic mass is 16.3.